The van der Waals surface area contributed by atoms with Gasteiger partial charge in [-0.3, -0.25) is 4.79 Å². The van der Waals surface area contributed by atoms with Crippen molar-refractivity contribution in [2.24, 2.45) is 5.92 Å². The van der Waals surface area contributed by atoms with E-state index in [0.29, 0.717) is 12.3 Å². The zero-order chi connectivity index (χ0) is 12.0. The van der Waals surface area contributed by atoms with Crippen molar-refractivity contribution < 1.29 is 9.53 Å². The van der Waals surface area contributed by atoms with E-state index >= 15 is 0 Å². The minimum absolute atomic E-state index is 0.0212. The van der Waals surface area contributed by atoms with E-state index in [2.05, 4.69) is 26.0 Å². The van der Waals surface area contributed by atoms with Gasteiger partial charge in [-0.1, -0.05) is 37.3 Å². The van der Waals surface area contributed by atoms with Crippen LogP contribution in [0.25, 0.3) is 0 Å². The maximum Gasteiger partial charge on any atom is 0.225 e. The molecule has 1 amide bonds. The van der Waals surface area contributed by atoms with Crippen molar-refractivity contribution in [2.45, 2.75) is 38.6 Å². The van der Waals surface area contributed by atoms with Gasteiger partial charge in [0.05, 0.1) is 6.04 Å². The van der Waals surface area contributed by atoms with Crippen molar-refractivity contribution in [3.05, 3.63) is 35.9 Å². The summed E-state index contributed by atoms with van der Waals surface area (Å²) >= 11 is 0. The average Bonchev–Trinajstić information content (AvgIpc) is 2.81. The van der Waals surface area contributed by atoms with E-state index in [1.54, 1.807) is 0 Å². The topological polar surface area (TPSA) is 29.5 Å². The highest BCUT2D eigenvalue weighted by molar-refractivity contribution is 5.79. The third-order valence-corrected chi connectivity index (χ3v) is 3.84. The Bertz CT molecular complexity index is 431. The molecule has 0 spiro atoms. The molecule has 0 radical (unpaired) electrons. The molecular weight excluding hydrogens is 214 g/mol. The Kier molecular flexibility index (Phi) is 2.44. The number of ether oxygens (including phenoxy) is 1. The molecule has 2 aliphatic heterocycles. The van der Waals surface area contributed by atoms with Crippen molar-refractivity contribution in [1.82, 2.24) is 4.90 Å². The summed E-state index contributed by atoms with van der Waals surface area (Å²) in [6, 6.07) is 10.3. The summed E-state index contributed by atoms with van der Waals surface area (Å²) in [5.41, 5.74) is 1.16. The zero-order valence-corrected chi connectivity index (χ0v) is 10.2. The Morgan fingerprint density at radius 3 is 2.59 bits per heavy atom. The first-order valence-electron chi connectivity index (χ1n) is 6.20. The molecule has 3 rings (SSSR count). The molecule has 2 saturated heterocycles. The Morgan fingerprint density at radius 1 is 1.24 bits per heavy atom. The summed E-state index contributed by atoms with van der Waals surface area (Å²) in [6.07, 6.45) is 0.617. The van der Waals surface area contributed by atoms with E-state index in [9.17, 15) is 4.79 Å². The van der Waals surface area contributed by atoms with Gasteiger partial charge in [-0.25, -0.2) is 0 Å². The highest BCUT2D eigenvalue weighted by Crippen LogP contribution is 2.42. The van der Waals surface area contributed by atoms with Crippen LogP contribution in [0.15, 0.2) is 30.3 Å². The lowest BCUT2D eigenvalue weighted by Crippen LogP contribution is -2.35. The average molecular weight is 231 g/mol. The van der Waals surface area contributed by atoms with E-state index in [1.807, 2.05) is 23.1 Å². The van der Waals surface area contributed by atoms with E-state index in [4.69, 9.17) is 4.74 Å². The van der Waals surface area contributed by atoms with Crippen molar-refractivity contribution in [3.63, 3.8) is 0 Å². The van der Waals surface area contributed by atoms with Crippen LogP contribution in [-0.2, 0) is 9.53 Å². The number of nitrogens with zero attached hydrogens (tertiary/aromatic N) is 1. The van der Waals surface area contributed by atoms with E-state index in [1.165, 1.54) is 0 Å². The second kappa shape index (κ2) is 3.84. The lowest BCUT2D eigenvalue weighted by Gasteiger charge is -2.20. The molecule has 3 heteroatoms. The molecule has 90 valence electrons. The first-order chi connectivity index (χ1) is 8.18. The monoisotopic (exact) mass is 231 g/mol. The molecule has 2 aliphatic rings. The van der Waals surface area contributed by atoms with Crippen LogP contribution in [0.3, 0.4) is 0 Å². The molecule has 1 aromatic carbocycles. The van der Waals surface area contributed by atoms with Gasteiger partial charge in [0, 0.05) is 12.3 Å². The Labute approximate surface area is 101 Å². The molecule has 2 heterocycles. The summed E-state index contributed by atoms with van der Waals surface area (Å²) in [4.78, 5) is 13.8. The minimum atomic E-state index is -0.0253. The highest BCUT2D eigenvalue weighted by atomic mass is 16.5. The van der Waals surface area contributed by atoms with Gasteiger partial charge in [-0.15, -0.1) is 0 Å². The number of amides is 1. The van der Waals surface area contributed by atoms with Crippen LogP contribution in [0, 0.1) is 5.92 Å². The van der Waals surface area contributed by atoms with Crippen LogP contribution in [0.2, 0.25) is 0 Å². The van der Waals surface area contributed by atoms with Gasteiger partial charge in [0.2, 0.25) is 5.91 Å². The fourth-order valence-electron chi connectivity index (χ4n) is 2.97. The Morgan fingerprint density at radius 2 is 1.94 bits per heavy atom. The van der Waals surface area contributed by atoms with Gasteiger partial charge < -0.3 is 9.64 Å². The first-order valence-corrected chi connectivity index (χ1v) is 6.20. The van der Waals surface area contributed by atoms with Crippen molar-refractivity contribution >= 4 is 5.91 Å². The molecule has 0 saturated carbocycles. The standard InChI is InChI=1S/C14H17NO2/c1-9-8-12(16)15-10(2)13(17-14(9)15)11-6-4-3-5-7-11/h3-7,9-10,13-14H,8H2,1-2H3/t9?,10-,13-,14+/m0/s1. The summed E-state index contributed by atoms with van der Waals surface area (Å²) in [5, 5.41) is 0. The number of rotatable bonds is 1. The molecule has 0 N–H and O–H groups in total. The van der Waals surface area contributed by atoms with Crippen molar-refractivity contribution in [2.75, 3.05) is 0 Å². The molecule has 1 unspecified atom stereocenters. The van der Waals surface area contributed by atoms with Gasteiger partial charge in [0.15, 0.2) is 0 Å². The molecule has 0 bridgehead atoms. The van der Waals surface area contributed by atoms with Gasteiger partial charge in [-0.2, -0.15) is 0 Å². The minimum Gasteiger partial charge on any atom is -0.348 e. The van der Waals surface area contributed by atoms with E-state index in [0.717, 1.165) is 5.56 Å². The number of carbonyl (C=O) groups excluding carboxylic acids is 1. The zero-order valence-electron chi connectivity index (χ0n) is 10.2. The fraction of sp³-hybridized carbons (Fsp3) is 0.500. The number of fused-ring (bicyclic) bond motifs is 1. The predicted octanol–water partition coefficient (Wildman–Crippen LogP) is 2.34. The van der Waals surface area contributed by atoms with Crippen LogP contribution < -0.4 is 0 Å². The molecule has 1 aromatic rings. The van der Waals surface area contributed by atoms with Gasteiger partial charge in [0.25, 0.3) is 0 Å². The summed E-state index contributed by atoms with van der Waals surface area (Å²) in [5.74, 6) is 0.534. The Hall–Kier alpha value is -1.35. The van der Waals surface area contributed by atoms with Crippen molar-refractivity contribution in [3.8, 4) is 0 Å². The number of benzene rings is 1. The SMILES string of the molecule is CC1CC(=O)N2[C@@H]1O[C@H](c1ccccc1)[C@@H]2C. The van der Waals surface area contributed by atoms with Crippen LogP contribution >= 0.6 is 0 Å². The summed E-state index contributed by atoms with van der Waals surface area (Å²) in [6.45, 7) is 4.16. The Balaban J connectivity index is 1.90. The highest BCUT2D eigenvalue weighted by Gasteiger charge is 2.49. The number of hydrogen-bond acceptors (Lipinski definition) is 2. The maximum absolute atomic E-state index is 11.9. The second-order valence-electron chi connectivity index (χ2n) is 5.08. The molecule has 0 aromatic heterocycles. The fourth-order valence-corrected chi connectivity index (χ4v) is 2.97. The second-order valence-corrected chi connectivity index (χ2v) is 5.08. The lowest BCUT2D eigenvalue weighted by molar-refractivity contribution is -0.130. The molecule has 17 heavy (non-hydrogen) atoms. The van der Waals surface area contributed by atoms with E-state index < -0.39 is 0 Å². The molecule has 2 fully saturated rings. The van der Waals surface area contributed by atoms with Crippen LogP contribution in [0.4, 0.5) is 0 Å². The largest absolute Gasteiger partial charge is 0.348 e. The molecular formula is C14H17NO2. The summed E-state index contributed by atoms with van der Waals surface area (Å²) in [7, 11) is 0. The maximum atomic E-state index is 11.9. The third-order valence-electron chi connectivity index (χ3n) is 3.84. The lowest BCUT2D eigenvalue weighted by atomic mass is 10.0. The van der Waals surface area contributed by atoms with E-state index in [-0.39, 0.29) is 24.3 Å². The first kappa shape index (κ1) is 10.8. The van der Waals surface area contributed by atoms with Crippen LogP contribution in [0.5, 0.6) is 0 Å². The molecule has 0 aliphatic carbocycles. The van der Waals surface area contributed by atoms with Crippen molar-refractivity contribution in [1.29, 1.82) is 0 Å². The summed E-state index contributed by atoms with van der Waals surface area (Å²) < 4.78 is 6.07. The third kappa shape index (κ3) is 1.57. The molecule has 3 nitrogen and oxygen atoms in total. The molecule has 4 atom stereocenters. The predicted molar refractivity (Wildman–Crippen MR) is 64.1 cm³/mol. The number of hydrogen-bond donors (Lipinski definition) is 0. The van der Waals surface area contributed by atoms with Crippen LogP contribution in [-0.4, -0.2) is 23.1 Å². The normalized spacial score (nSPS) is 36.4. The smallest absolute Gasteiger partial charge is 0.225 e. The quantitative estimate of drug-likeness (QED) is 0.742. The van der Waals surface area contributed by atoms with Crippen LogP contribution in [0.1, 0.15) is 31.9 Å². The van der Waals surface area contributed by atoms with Gasteiger partial charge in [0.1, 0.15) is 12.3 Å². The van der Waals surface area contributed by atoms with Gasteiger partial charge in [-0.05, 0) is 12.5 Å². The van der Waals surface area contributed by atoms with Gasteiger partial charge >= 0.3 is 0 Å². The number of carbonyl (C=O) groups is 1.